The second-order valence-electron chi connectivity index (χ2n) is 3.24. The summed E-state index contributed by atoms with van der Waals surface area (Å²) in [6.07, 6.45) is 1.06. The van der Waals surface area contributed by atoms with E-state index in [0.717, 1.165) is 12.2 Å². The van der Waals surface area contributed by atoms with E-state index in [9.17, 15) is 0 Å². The van der Waals surface area contributed by atoms with Crippen molar-refractivity contribution in [2.45, 2.75) is 19.4 Å². The fraction of sp³-hybridized carbons (Fsp3) is 0.455. The standard InChI is InChI=1S/C11H17NO/c1-9(12-2)8-10-4-6-11(13-3)7-5-10/h4-7,9,12H,8H2,1-3H3/t9-/m0/s1. The van der Waals surface area contributed by atoms with E-state index in [1.807, 2.05) is 19.2 Å². The normalized spacial score (nSPS) is 12.5. The Labute approximate surface area is 79.9 Å². The summed E-state index contributed by atoms with van der Waals surface area (Å²) < 4.78 is 5.08. The van der Waals surface area contributed by atoms with Crippen LogP contribution in [-0.4, -0.2) is 20.2 Å². The lowest BCUT2D eigenvalue weighted by Crippen LogP contribution is -2.23. The predicted molar refractivity (Wildman–Crippen MR) is 55.2 cm³/mol. The van der Waals surface area contributed by atoms with E-state index in [2.05, 4.69) is 24.4 Å². The highest BCUT2D eigenvalue weighted by molar-refractivity contribution is 5.27. The Balaban J connectivity index is 2.58. The molecule has 0 aliphatic heterocycles. The number of hydrogen-bond acceptors (Lipinski definition) is 2. The Bertz CT molecular complexity index is 243. The first kappa shape index (κ1) is 10.1. The lowest BCUT2D eigenvalue weighted by atomic mass is 10.1. The quantitative estimate of drug-likeness (QED) is 0.761. The van der Waals surface area contributed by atoms with Gasteiger partial charge in [-0.2, -0.15) is 0 Å². The molecule has 2 heteroatoms. The molecule has 0 saturated carbocycles. The van der Waals surface area contributed by atoms with Gasteiger partial charge >= 0.3 is 0 Å². The molecule has 1 aromatic carbocycles. The molecule has 0 aromatic heterocycles. The number of likely N-dealkylation sites (N-methyl/N-ethyl adjacent to an activating group) is 1. The third kappa shape index (κ3) is 3.07. The summed E-state index contributed by atoms with van der Waals surface area (Å²) in [5.41, 5.74) is 1.34. The SMILES string of the molecule is CN[C@@H](C)Cc1ccc(OC)cc1. The molecule has 0 saturated heterocycles. The molecule has 0 heterocycles. The Morgan fingerprint density at radius 1 is 1.31 bits per heavy atom. The van der Waals surface area contributed by atoms with Crippen molar-refractivity contribution in [1.82, 2.24) is 5.32 Å². The van der Waals surface area contributed by atoms with Crippen molar-refractivity contribution >= 4 is 0 Å². The van der Waals surface area contributed by atoms with E-state index in [-0.39, 0.29) is 0 Å². The van der Waals surface area contributed by atoms with Crippen molar-refractivity contribution in [1.29, 1.82) is 0 Å². The van der Waals surface area contributed by atoms with E-state index in [1.165, 1.54) is 5.56 Å². The highest BCUT2D eigenvalue weighted by atomic mass is 16.5. The van der Waals surface area contributed by atoms with Gasteiger partial charge in [0.1, 0.15) is 5.75 Å². The lowest BCUT2D eigenvalue weighted by Gasteiger charge is -2.09. The first-order valence-corrected chi connectivity index (χ1v) is 4.56. The molecule has 0 radical (unpaired) electrons. The predicted octanol–water partition coefficient (Wildman–Crippen LogP) is 1.85. The molecule has 1 aromatic rings. The molecule has 1 N–H and O–H groups in total. The number of nitrogens with one attached hydrogen (secondary N) is 1. The van der Waals surface area contributed by atoms with Gasteiger partial charge in [-0.05, 0) is 38.1 Å². The van der Waals surface area contributed by atoms with Crippen molar-refractivity contribution in [2.24, 2.45) is 0 Å². The topological polar surface area (TPSA) is 21.3 Å². The maximum absolute atomic E-state index is 5.08. The maximum atomic E-state index is 5.08. The first-order valence-electron chi connectivity index (χ1n) is 4.56. The zero-order valence-electron chi connectivity index (χ0n) is 8.50. The van der Waals surface area contributed by atoms with Crippen molar-refractivity contribution in [3.05, 3.63) is 29.8 Å². The number of ether oxygens (including phenoxy) is 1. The van der Waals surface area contributed by atoms with Gasteiger partial charge in [-0.15, -0.1) is 0 Å². The van der Waals surface area contributed by atoms with E-state index < -0.39 is 0 Å². The van der Waals surface area contributed by atoms with Crippen LogP contribution in [0.2, 0.25) is 0 Å². The fourth-order valence-corrected chi connectivity index (χ4v) is 1.22. The van der Waals surface area contributed by atoms with Gasteiger partial charge in [0.05, 0.1) is 7.11 Å². The average Bonchev–Trinajstić information content (AvgIpc) is 2.19. The molecular weight excluding hydrogens is 162 g/mol. The number of rotatable bonds is 4. The Morgan fingerprint density at radius 3 is 2.38 bits per heavy atom. The zero-order valence-corrected chi connectivity index (χ0v) is 8.50. The van der Waals surface area contributed by atoms with Crippen LogP contribution in [0.15, 0.2) is 24.3 Å². The second kappa shape index (κ2) is 4.87. The van der Waals surface area contributed by atoms with E-state index >= 15 is 0 Å². The van der Waals surface area contributed by atoms with Crippen LogP contribution in [0.5, 0.6) is 5.75 Å². The van der Waals surface area contributed by atoms with Crippen molar-refractivity contribution in [2.75, 3.05) is 14.2 Å². The second-order valence-corrected chi connectivity index (χ2v) is 3.24. The molecule has 2 nitrogen and oxygen atoms in total. The van der Waals surface area contributed by atoms with Crippen LogP contribution in [0.1, 0.15) is 12.5 Å². The van der Waals surface area contributed by atoms with Crippen LogP contribution < -0.4 is 10.1 Å². The first-order chi connectivity index (χ1) is 6.26. The summed E-state index contributed by atoms with van der Waals surface area (Å²) in [4.78, 5) is 0. The summed E-state index contributed by atoms with van der Waals surface area (Å²) in [5.74, 6) is 0.917. The fourth-order valence-electron chi connectivity index (χ4n) is 1.22. The Kier molecular flexibility index (Phi) is 3.77. The molecule has 13 heavy (non-hydrogen) atoms. The van der Waals surface area contributed by atoms with E-state index in [1.54, 1.807) is 7.11 Å². The van der Waals surface area contributed by atoms with Gasteiger partial charge in [0.25, 0.3) is 0 Å². The highest BCUT2D eigenvalue weighted by Gasteiger charge is 1.99. The van der Waals surface area contributed by atoms with Gasteiger partial charge in [-0.1, -0.05) is 12.1 Å². The number of benzene rings is 1. The molecule has 0 fully saturated rings. The smallest absolute Gasteiger partial charge is 0.118 e. The average molecular weight is 179 g/mol. The lowest BCUT2D eigenvalue weighted by molar-refractivity contribution is 0.414. The summed E-state index contributed by atoms with van der Waals surface area (Å²) in [7, 11) is 3.67. The van der Waals surface area contributed by atoms with Gasteiger partial charge in [-0.25, -0.2) is 0 Å². The van der Waals surface area contributed by atoms with Crippen LogP contribution in [0.4, 0.5) is 0 Å². The molecule has 0 amide bonds. The summed E-state index contributed by atoms with van der Waals surface area (Å²) in [5, 5.41) is 3.21. The summed E-state index contributed by atoms with van der Waals surface area (Å²) in [6, 6.07) is 8.72. The highest BCUT2D eigenvalue weighted by Crippen LogP contribution is 2.12. The summed E-state index contributed by atoms with van der Waals surface area (Å²) >= 11 is 0. The molecule has 0 bridgehead atoms. The van der Waals surface area contributed by atoms with Crippen LogP contribution in [0.3, 0.4) is 0 Å². The monoisotopic (exact) mass is 179 g/mol. The molecule has 0 aliphatic carbocycles. The minimum atomic E-state index is 0.522. The van der Waals surface area contributed by atoms with Gasteiger partial charge in [0.15, 0.2) is 0 Å². The van der Waals surface area contributed by atoms with Crippen LogP contribution in [0, 0.1) is 0 Å². The van der Waals surface area contributed by atoms with Crippen LogP contribution in [-0.2, 0) is 6.42 Å². The molecular formula is C11H17NO. The molecule has 1 rings (SSSR count). The molecule has 0 spiro atoms. The van der Waals surface area contributed by atoms with Gasteiger partial charge in [0.2, 0.25) is 0 Å². The maximum Gasteiger partial charge on any atom is 0.118 e. The minimum Gasteiger partial charge on any atom is -0.497 e. The van der Waals surface area contributed by atoms with Crippen molar-refractivity contribution in [3.63, 3.8) is 0 Å². The third-order valence-electron chi connectivity index (χ3n) is 2.19. The van der Waals surface area contributed by atoms with E-state index in [0.29, 0.717) is 6.04 Å². The van der Waals surface area contributed by atoms with E-state index in [4.69, 9.17) is 4.74 Å². The molecule has 1 atom stereocenters. The van der Waals surface area contributed by atoms with Crippen LogP contribution >= 0.6 is 0 Å². The molecule has 72 valence electrons. The van der Waals surface area contributed by atoms with Crippen molar-refractivity contribution in [3.8, 4) is 5.75 Å². The number of methoxy groups -OCH3 is 1. The number of hydrogen-bond donors (Lipinski definition) is 1. The largest absolute Gasteiger partial charge is 0.497 e. The Morgan fingerprint density at radius 2 is 1.92 bits per heavy atom. The minimum absolute atomic E-state index is 0.522. The Hall–Kier alpha value is -1.02. The summed E-state index contributed by atoms with van der Waals surface area (Å²) in [6.45, 7) is 2.17. The van der Waals surface area contributed by atoms with Gasteiger partial charge in [-0.3, -0.25) is 0 Å². The van der Waals surface area contributed by atoms with Gasteiger partial charge in [0, 0.05) is 6.04 Å². The van der Waals surface area contributed by atoms with Gasteiger partial charge < -0.3 is 10.1 Å². The molecule has 0 aliphatic rings. The van der Waals surface area contributed by atoms with Crippen molar-refractivity contribution < 1.29 is 4.74 Å². The third-order valence-corrected chi connectivity index (χ3v) is 2.19. The van der Waals surface area contributed by atoms with Crippen LogP contribution in [0.25, 0.3) is 0 Å². The molecule has 0 unspecified atom stereocenters. The zero-order chi connectivity index (χ0) is 9.68.